The molecular weight excluding hydrogens is 166 g/mol. The first kappa shape index (κ1) is 10.2. The lowest BCUT2D eigenvalue weighted by atomic mass is 10.2. The first-order valence-corrected chi connectivity index (χ1v) is 4.82. The average molecular weight is 183 g/mol. The molecule has 0 spiro atoms. The summed E-state index contributed by atoms with van der Waals surface area (Å²) in [4.78, 5) is 4.11. The van der Waals surface area contributed by atoms with Gasteiger partial charge in [0.1, 0.15) is 12.2 Å². The molecule has 4 heteroatoms. The first-order valence-electron chi connectivity index (χ1n) is 4.82. The highest BCUT2D eigenvalue weighted by Crippen LogP contribution is 2.02. The summed E-state index contributed by atoms with van der Waals surface area (Å²) in [6, 6.07) is 0. The van der Waals surface area contributed by atoms with Crippen molar-refractivity contribution in [2.75, 3.05) is 0 Å². The van der Waals surface area contributed by atoms with Crippen LogP contribution < -0.4 is 0 Å². The van der Waals surface area contributed by atoms with E-state index in [9.17, 15) is 5.11 Å². The number of aryl methyl sites for hydroxylation is 1. The Morgan fingerprint density at radius 1 is 1.54 bits per heavy atom. The van der Waals surface area contributed by atoms with Gasteiger partial charge in [-0.3, -0.25) is 4.68 Å². The van der Waals surface area contributed by atoms with Crippen molar-refractivity contribution < 1.29 is 5.11 Å². The molecule has 1 atom stereocenters. The van der Waals surface area contributed by atoms with Crippen LogP contribution in [0.15, 0.2) is 6.33 Å². The summed E-state index contributed by atoms with van der Waals surface area (Å²) >= 11 is 0. The Labute approximate surface area is 78.6 Å². The summed E-state index contributed by atoms with van der Waals surface area (Å²) in [5, 5.41) is 13.5. The molecule has 1 heterocycles. The second kappa shape index (κ2) is 4.97. The molecule has 1 unspecified atom stereocenters. The van der Waals surface area contributed by atoms with E-state index < -0.39 is 0 Å². The van der Waals surface area contributed by atoms with Gasteiger partial charge in [0.2, 0.25) is 0 Å². The van der Waals surface area contributed by atoms with Crippen molar-refractivity contribution in [2.45, 2.75) is 45.8 Å². The minimum atomic E-state index is -0.292. The molecule has 74 valence electrons. The fourth-order valence-electron chi connectivity index (χ4n) is 1.20. The SMILES string of the molecule is CCCn1ncnc1CC(O)CC. The minimum absolute atomic E-state index is 0.292. The lowest BCUT2D eigenvalue weighted by Gasteiger charge is -2.07. The topological polar surface area (TPSA) is 50.9 Å². The maximum absolute atomic E-state index is 9.44. The van der Waals surface area contributed by atoms with E-state index in [0.717, 1.165) is 25.2 Å². The van der Waals surface area contributed by atoms with Crippen LogP contribution in [0.4, 0.5) is 0 Å². The Morgan fingerprint density at radius 3 is 2.92 bits per heavy atom. The molecule has 0 aromatic carbocycles. The van der Waals surface area contributed by atoms with Gasteiger partial charge in [0, 0.05) is 13.0 Å². The highest BCUT2D eigenvalue weighted by molar-refractivity contribution is 4.87. The van der Waals surface area contributed by atoms with Gasteiger partial charge in [0.15, 0.2) is 0 Å². The largest absolute Gasteiger partial charge is 0.393 e. The number of rotatable bonds is 5. The first-order chi connectivity index (χ1) is 6.27. The molecule has 0 bridgehead atoms. The van der Waals surface area contributed by atoms with Crippen LogP contribution in [0.25, 0.3) is 0 Å². The predicted octanol–water partition coefficient (Wildman–Crippen LogP) is 1.00. The van der Waals surface area contributed by atoms with E-state index in [1.54, 1.807) is 6.33 Å². The molecular formula is C9H17N3O. The molecule has 1 aromatic rings. The van der Waals surface area contributed by atoms with E-state index in [1.165, 1.54) is 0 Å². The maximum atomic E-state index is 9.44. The Morgan fingerprint density at radius 2 is 2.31 bits per heavy atom. The Kier molecular flexibility index (Phi) is 3.89. The molecule has 0 saturated heterocycles. The average Bonchev–Trinajstić information content (AvgIpc) is 2.54. The fraction of sp³-hybridized carbons (Fsp3) is 0.778. The molecule has 0 amide bonds. The quantitative estimate of drug-likeness (QED) is 0.741. The van der Waals surface area contributed by atoms with Crippen LogP contribution in [0.2, 0.25) is 0 Å². The van der Waals surface area contributed by atoms with E-state index in [1.807, 2.05) is 11.6 Å². The summed E-state index contributed by atoms with van der Waals surface area (Å²) in [5.41, 5.74) is 0. The van der Waals surface area contributed by atoms with Gasteiger partial charge in [-0.15, -0.1) is 0 Å². The summed E-state index contributed by atoms with van der Waals surface area (Å²) in [6.07, 6.45) is 3.67. The van der Waals surface area contributed by atoms with Crippen LogP contribution in [-0.4, -0.2) is 26.0 Å². The maximum Gasteiger partial charge on any atom is 0.138 e. The second-order valence-electron chi connectivity index (χ2n) is 3.17. The standard InChI is InChI=1S/C9H17N3O/c1-3-5-12-9(10-7-11-12)6-8(13)4-2/h7-8,13H,3-6H2,1-2H3. The van der Waals surface area contributed by atoms with Gasteiger partial charge in [-0.25, -0.2) is 4.98 Å². The second-order valence-corrected chi connectivity index (χ2v) is 3.17. The highest BCUT2D eigenvalue weighted by Gasteiger charge is 2.08. The van der Waals surface area contributed by atoms with Gasteiger partial charge in [-0.1, -0.05) is 13.8 Å². The summed E-state index contributed by atoms with van der Waals surface area (Å²) in [7, 11) is 0. The highest BCUT2D eigenvalue weighted by atomic mass is 16.3. The van der Waals surface area contributed by atoms with Gasteiger partial charge in [-0.2, -0.15) is 5.10 Å². The zero-order valence-corrected chi connectivity index (χ0v) is 8.27. The van der Waals surface area contributed by atoms with E-state index >= 15 is 0 Å². The van der Waals surface area contributed by atoms with E-state index in [0.29, 0.717) is 6.42 Å². The Balaban J connectivity index is 2.59. The number of aliphatic hydroxyl groups excluding tert-OH is 1. The lowest BCUT2D eigenvalue weighted by molar-refractivity contribution is 0.166. The third-order valence-corrected chi connectivity index (χ3v) is 2.02. The number of hydrogen-bond donors (Lipinski definition) is 1. The number of aliphatic hydroxyl groups is 1. The summed E-state index contributed by atoms with van der Waals surface area (Å²) < 4.78 is 1.86. The van der Waals surface area contributed by atoms with E-state index in [4.69, 9.17) is 0 Å². The molecule has 1 aromatic heterocycles. The van der Waals surface area contributed by atoms with E-state index in [-0.39, 0.29) is 6.10 Å². The molecule has 1 N–H and O–H groups in total. The molecule has 0 aliphatic carbocycles. The van der Waals surface area contributed by atoms with Gasteiger partial charge in [-0.05, 0) is 12.8 Å². The van der Waals surface area contributed by atoms with Crippen LogP contribution in [0.5, 0.6) is 0 Å². The van der Waals surface area contributed by atoms with Crippen LogP contribution >= 0.6 is 0 Å². The van der Waals surface area contributed by atoms with Gasteiger partial charge in [0.25, 0.3) is 0 Å². The molecule has 13 heavy (non-hydrogen) atoms. The lowest BCUT2D eigenvalue weighted by Crippen LogP contribution is -2.14. The molecule has 1 rings (SSSR count). The molecule has 0 fully saturated rings. The van der Waals surface area contributed by atoms with Crippen molar-refractivity contribution in [1.29, 1.82) is 0 Å². The zero-order chi connectivity index (χ0) is 9.68. The van der Waals surface area contributed by atoms with Crippen molar-refractivity contribution in [2.24, 2.45) is 0 Å². The van der Waals surface area contributed by atoms with Gasteiger partial charge in [0.05, 0.1) is 6.10 Å². The molecule has 0 aliphatic heterocycles. The minimum Gasteiger partial charge on any atom is -0.393 e. The van der Waals surface area contributed by atoms with Crippen molar-refractivity contribution >= 4 is 0 Å². The normalized spacial score (nSPS) is 13.2. The van der Waals surface area contributed by atoms with Gasteiger partial charge < -0.3 is 5.11 Å². The molecule has 4 nitrogen and oxygen atoms in total. The van der Waals surface area contributed by atoms with Crippen molar-refractivity contribution in [3.05, 3.63) is 12.2 Å². The number of hydrogen-bond acceptors (Lipinski definition) is 3. The third kappa shape index (κ3) is 2.81. The van der Waals surface area contributed by atoms with Crippen LogP contribution in [-0.2, 0) is 13.0 Å². The van der Waals surface area contributed by atoms with Crippen molar-refractivity contribution in [1.82, 2.24) is 14.8 Å². The van der Waals surface area contributed by atoms with Crippen LogP contribution in [0.3, 0.4) is 0 Å². The molecule has 0 aliphatic rings. The Hall–Kier alpha value is -0.900. The van der Waals surface area contributed by atoms with Gasteiger partial charge >= 0.3 is 0 Å². The Bertz CT molecular complexity index is 247. The number of nitrogens with zero attached hydrogens (tertiary/aromatic N) is 3. The zero-order valence-electron chi connectivity index (χ0n) is 8.27. The summed E-state index contributed by atoms with van der Waals surface area (Å²) in [5.74, 6) is 0.885. The predicted molar refractivity (Wildman–Crippen MR) is 50.3 cm³/mol. The monoisotopic (exact) mass is 183 g/mol. The van der Waals surface area contributed by atoms with Crippen molar-refractivity contribution in [3.63, 3.8) is 0 Å². The van der Waals surface area contributed by atoms with Crippen LogP contribution in [0.1, 0.15) is 32.5 Å². The number of aromatic nitrogens is 3. The molecule has 0 saturated carbocycles. The summed E-state index contributed by atoms with van der Waals surface area (Å²) in [6.45, 7) is 4.94. The van der Waals surface area contributed by atoms with E-state index in [2.05, 4.69) is 17.0 Å². The fourth-order valence-corrected chi connectivity index (χ4v) is 1.20. The third-order valence-electron chi connectivity index (χ3n) is 2.02. The molecule has 0 radical (unpaired) electrons. The van der Waals surface area contributed by atoms with Crippen LogP contribution in [0, 0.1) is 0 Å². The van der Waals surface area contributed by atoms with Crippen molar-refractivity contribution in [3.8, 4) is 0 Å². The smallest absolute Gasteiger partial charge is 0.138 e.